The number of carbonyl (C=O) groups is 1. The predicted octanol–water partition coefficient (Wildman–Crippen LogP) is 4.68. The second kappa shape index (κ2) is 14.5. The summed E-state index contributed by atoms with van der Waals surface area (Å²) in [6.07, 6.45) is 16.1. The molecule has 1 aromatic rings. The first-order valence-corrected chi connectivity index (χ1v) is 12.6. The minimum atomic E-state index is -1.13. The summed E-state index contributed by atoms with van der Waals surface area (Å²) < 4.78 is 0. The molecule has 0 radical (unpaired) electrons. The third kappa shape index (κ3) is 8.85. The number of allylic oxidation sites excluding steroid dienone is 4. The van der Waals surface area contributed by atoms with Gasteiger partial charge in [0.1, 0.15) is 17.2 Å². The molecule has 174 valence electrons. The van der Waals surface area contributed by atoms with Gasteiger partial charge in [0.15, 0.2) is 0 Å². The lowest BCUT2D eigenvalue weighted by Gasteiger charge is -2.19. The van der Waals surface area contributed by atoms with Crippen molar-refractivity contribution in [3.63, 3.8) is 0 Å². The molecule has 6 nitrogen and oxygen atoms in total. The van der Waals surface area contributed by atoms with Crippen LogP contribution in [0.2, 0.25) is 0 Å². The van der Waals surface area contributed by atoms with E-state index in [-0.39, 0.29) is 0 Å². The second-order valence-electron chi connectivity index (χ2n) is 7.97. The van der Waals surface area contributed by atoms with E-state index < -0.39 is 18.1 Å². The van der Waals surface area contributed by atoms with Gasteiger partial charge in [-0.2, -0.15) is 0 Å². The summed E-state index contributed by atoms with van der Waals surface area (Å²) >= 11 is 1.43. The minimum Gasteiger partial charge on any atom is -0.480 e. The largest absolute Gasteiger partial charge is 0.480 e. The Morgan fingerprint density at radius 1 is 1.26 bits per heavy atom. The zero-order chi connectivity index (χ0) is 22.5. The molecule has 0 spiro atoms. The minimum absolute atomic E-state index is 0.481. The van der Waals surface area contributed by atoms with Gasteiger partial charge in [-0.05, 0) is 58.2 Å². The van der Waals surface area contributed by atoms with E-state index in [1.807, 2.05) is 13.8 Å². The van der Waals surface area contributed by atoms with Crippen molar-refractivity contribution in [3.05, 3.63) is 39.9 Å². The fourth-order valence-corrected chi connectivity index (χ4v) is 4.94. The van der Waals surface area contributed by atoms with E-state index in [1.54, 1.807) is 6.20 Å². The number of aliphatic carboxylic acids is 1. The molecule has 2 unspecified atom stereocenters. The Balaban J connectivity index is 0.00000166. The number of aliphatic hydroxyl groups excluding tert-OH is 1. The molecule has 2 atom stereocenters. The van der Waals surface area contributed by atoms with Crippen molar-refractivity contribution in [2.75, 3.05) is 19.6 Å². The molecule has 0 saturated carbocycles. The lowest BCUT2D eigenvalue weighted by atomic mass is 10.0. The molecule has 2 aliphatic rings. The van der Waals surface area contributed by atoms with Gasteiger partial charge in [0.25, 0.3) is 0 Å². The van der Waals surface area contributed by atoms with Crippen LogP contribution >= 0.6 is 11.3 Å². The third-order valence-corrected chi connectivity index (χ3v) is 6.68. The number of carboxylic acid groups (broad SMARTS) is 1. The van der Waals surface area contributed by atoms with Crippen LogP contribution in [0.3, 0.4) is 0 Å². The Morgan fingerprint density at radius 3 is 2.65 bits per heavy atom. The van der Waals surface area contributed by atoms with Crippen LogP contribution in [0.4, 0.5) is 0 Å². The van der Waals surface area contributed by atoms with Crippen LogP contribution < -0.4 is 5.32 Å². The van der Waals surface area contributed by atoms with Crippen LogP contribution in [-0.2, 0) is 11.3 Å². The van der Waals surface area contributed by atoms with Crippen LogP contribution in [0.15, 0.2) is 30.0 Å². The molecule has 1 aliphatic carbocycles. The highest BCUT2D eigenvalue weighted by atomic mass is 32.1. The summed E-state index contributed by atoms with van der Waals surface area (Å²) in [6.45, 7) is 7.59. The maximum absolute atomic E-state index is 11.7. The standard InChI is InChI=1S/C22H33N3O3S.C2H6/c26-20(19(22(27)28)23-12-8-11-17-9-4-3-5-10-17)21-24-15-18(29-21)16-25-13-6-1-2-7-14-25;1-2/h3-4,9,15,19-20,23,26H,1-2,5-8,10-14,16H2,(H,27,28);1-2H3. The number of carboxylic acids is 1. The molecular weight excluding hydrogens is 410 g/mol. The fraction of sp³-hybridized carbons (Fsp3) is 0.667. The predicted molar refractivity (Wildman–Crippen MR) is 127 cm³/mol. The van der Waals surface area contributed by atoms with E-state index in [9.17, 15) is 15.0 Å². The lowest BCUT2D eigenvalue weighted by Crippen LogP contribution is -2.42. The first-order chi connectivity index (χ1) is 15.1. The summed E-state index contributed by atoms with van der Waals surface area (Å²) in [7, 11) is 0. The quantitative estimate of drug-likeness (QED) is 0.450. The maximum atomic E-state index is 11.7. The van der Waals surface area contributed by atoms with E-state index in [2.05, 4.69) is 33.4 Å². The van der Waals surface area contributed by atoms with Gasteiger partial charge in [0, 0.05) is 17.6 Å². The summed E-state index contributed by atoms with van der Waals surface area (Å²) in [6, 6.07) is -1.03. The Labute approximate surface area is 191 Å². The molecule has 31 heavy (non-hydrogen) atoms. The number of rotatable bonds is 10. The fourth-order valence-electron chi connectivity index (χ4n) is 3.96. The van der Waals surface area contributed by atoms with Gasteiger partial charge in [0.05, 0.1) is 0 Å². The number of aliphatic hydroxyl groups is 1. The lowest BCUT2D eigenvalue weighted by molar-refractivity contribution is -0.142. The van der Waals surface area contributed by atoms with Crippen LogP contribution in [0, 0.1) is 0 Å². The summed E-state index contributed by atoms with van der Waals surface area (Å²) in [5, 5.41) is 23.7. The van der Waals surface area contributed by atoms with E-state index in [0.29, 0.717) is 11.6 Å². The zero-order valence-corrected chi connectivity index (χ0v) is 19.9. The Bertz CT molecular complexity index is 709. The van der Waals surface area contributed by atoms with Crippen molar-refractivity contribution < 1.29 is 15.0 Å². The van der Waals surface area contributed by atoms with Gasteiger partial charge in [-0.25, -0.2) is 4.98 Å². The molecule has 0 amide bonds. The van der Waals surface area contributed by atoms with Crippen LogP contribution in [0.5, 0.6) is 0 Å². The van der Waals surface area contributed by atoms with Gasteiger partial charge in [-0.3, -0.25) is 9.69 Å². The Kier molecular flexibility index (Phi) is 12.0. The number of hydrogen-bond donors (Lipinski definition) is 3. The summed E-state index contributed by atoms with van der Waals surface area (Å²) in [5.74, 6) is -1.04. The first-order valence-electron chi connectivity index (χ1n) is 11.8. The second-order valence-corrected chi connectivity index (χ2v) is 9.11. The van der Waals surface area contributed by atoms with Gasteiger partial charge < -0.3 is 15.5 Å². The van der Waals surface area contributed by atoms with Crippen molar-refractivity contribution >= 4 is 17.3 Å². The highest BCUT2D eigenvalue weighted by Gasteiger charge is 2.29. The highest BCUT2D eigenvalue weighted by molar-refractivity contribution is 7.11. The number of aromatic nitrogens is 1. The zero-order valence-electron chi connectivity index (χ0n) is 19.1. The monoisotopic (exact) mass is 449 g/mol. The smallest absolute Gasteiger partial charge is 0.323 e. The van der Waals surface area contributed by atoms with E-state index in [4.69, 9.17) is 0 Å². The molecule has 1 aromatic heterocycles. The molecule has 1 saturated heterocycles. The average molecular weight is 450 g/mol. The summed E-state index contributed by atoms with van der Waals surface area (Å²) in [5.41, 5.74) is 1.40. The average Bonchev–Trinajstić information content (AvgIpc) is 3.10. The van der Waals surface area contributed by atoms with E-state index >= 15 is 0 Å². The number of nitrogens with zero attached hydrogens (tertiary/aromatic N) is 2. The summed E-state index contributed by atoms with van der Waals surface area (Å²) in [4.78, 5) is 19.5. The number of likely N-dealkylation sites (tertiary alicyclic amines) is 1. The van der Waals surface area contributed by atoms with Crippen LogP contribution in [0.1, 0.15) is 81.2 Å². The van der Waals surface area contributed by atoms with Crippen molar-refractivity contribution in [3.8, 4) is 0 Å². The van der Waals surface area contributed by atoms with Crippen molar-refractivity contribution in [2.24, 2.45) is 0 Å². The first kappa shape index (κ1) is 25.7. The normalized spacial score (nSPS) is 19.0. The van der Waals surface area contributed by atoms with Crippen LogP contribution in [-0.4, -0.2) is 51.7 Å². The van der Waals surface area contributed by atoms with Gasteiger partial charge >= 0.3 is 5.97 Å². The molecule has 2 heterocycles. The molecule has 1 aliphatic heterocycles. The van der Waals surface area contributed by atoms with E-state index in [1.165, 1.54) is 42.6 Å². The van der Waals surface area contributed by atoms with Crippen LogP contribution in [0.25, 0.3) is 0 Å². The highest BCUT2D eigenvalue weighted by Crippen LogP contribution is 2.25. The molecule has 1 fully saturated rings. The third-order valence-electron chi connectivity index (χ3n) is 5.62. The number of hydrogen-bond acceptors (Lipinski definition) is 6. The molecule has 7 heteroatoms. The molecule has 0 bridgehead atoms. The Morgan fingerprint density at radius 2 is 2.00 bits per heavy atom. The molecule has 0 aromatic carbocycles. The number of nitrogens with one attached hydrogen (secondary N) is 1. The van der Waals surface area contributed by atoms with Gasteiger partial charge in [0.2, 0.25) is 0 Å². The Hall–Kier alpha value is -1.54. The van der Waals surface area contributed by atoms with Gasteiger partial charge in [-0.15, -0.1) is 11.3 Å². The van der Waals surface area contributed by atoms with Crippen molar-refractivity contribution in [2.45, 2.75) is 83.9 Å². The SMILES string of the molecule is CC.O=C(O)C(NCCCC1=CC=CCC1)C(O)c1ncc(CN2CCCCCC2)s1. The maximum Gasteiger partial charge on any atom is 0.323 e. The van der Waals surface area contributed by atoms with E-state index in [0.717, 1.165) is 50.2 Å². The molecular formula is C24H39N3O3S. The number of thiazole rings is 1. The van der Waals surface area contributed by atoms with Gasteiger partial charge in [-0.1, -0.05) is 50.5 Å². The topological polar surface area (TPSA) is 85.7 Å². The van der Waals surface area contributed by atoms with Crippen molar-refractivity contribution in [1.82, 2.24) is 15.2 Å². The van der Waals surface area contributed by atoms with Crippen molar-refractivity contribution in [1.29, 1.82) is 0 Å². The molecule has 3 N–H and O–H groups in total. The molecule has 3 rings (SSSR count).